The molecular formula is C35H42FN7O. The van der Waals surface area contributed by atoms with Gasteiger partial charge in [-0.1, -0.05) is 6.07 Å². The summed E-state index contributed by atoms with van der Waals surface area (Å²) in [5.74, 6) is 0.554. The Labute approximate surface area is 259 Å². The van der Waals surface area contributed by atoms with Gasteiger partial charge in [-0.15, -0.1) is 0 Å². The van der Waals surface area contributed by atoms with E-state index in [0.717, 1.165) is 84.7 Å². The summed E-state index contributed by atoms with van der Waals surface area (Å²) in [5, 5.41) is 11.0. The zero-order valence-electron chi connectivity index (χ0n) is 25.3. The zero-order valence-corrected chi connectivity index (χ0v) is 25.3. The van der Waals surface area contributed by atoms with E-state index < -0.39 is 0 Å². The number of hydrogen-bond donors (Lipinski definition) is 4. The fraction of sp³-hybridized carbons (Fsp3) is 0.286. The molecule has 0 radical (unpaired) electrons. The molecule has 2 aromatic carbocycles. The minimum atomic E-state index is -0.300. The van der Waals surface area contributed by atoms with Crippen molar-refractivity contribution in [1.82, 2.24) is 20.2 Å². The van der Waals surface area contributed by atoms with E-state index in [1.54, 1.807) is 24.5 Å². The van der Waals surface area contributed by atoms with Gasteiger partial charge in [0.25, 0.3) is 0 Å². The van der Waals surface area contributed by atoms with Gasteiger partial charge in [-0.2, -0.15) is 0 Å². The molecule has 9 heteroatoms. The van der Waals surface area contributed by atoms with E-state index in [2.05, 4.69) is 27.0 Å². The number of nitrogens with one attached hydrogen (secondary N) is 2. The number of nitrogens with two attached hydrogens (primary N) is 2. The molecule has 0 amide bonds. The first-order chi connectivity index (χ1) is 21.6. The van der Waals surface area contributed by atoms with Gasteiger partial charge in [0.2, 0.25) is 0 Å². The Bertz CT molecular complexity index is 1450. The summed E-state index contributed by atoms with van der Waals surface area (Å²) in [4.78, 5) is 11.4. The molecule has 230 valence electrons. The van der Waals surface area contributed by atoms with Crippen LogP contribution in [0.1, 0.15) is 47.2 Å². The number of aromatic nitrogens is 2. The summed E-state index contributed by atoms with van der Waals surface area (Å²) in [6.45, 7) is 4.63. The Morgan fingerprint density at radius 2 is 1.68 bits per heavy atom. The SMILES string of the molecule is CN.N=Cc1ccc(OCCCN2CCC(NCc3ccc(/C(=C(\N)c4ccc(F)cc4)c4ccncc4)nc3)CC2)cc1. The molecule has 44 heavy (non-hydrogen) atoms. The van der Waals surface area contributed by atoms with Crippen LogP contribution < -0.4 is 21.5 Å². The van der Waals surface area contributed by atoms with Crippen molar-refractivity contribution in [3.05, 3.63) is 125 Å². The first kappa shape index (κ1) is 32.5. The third-order valence-electron chi connectivity index (χ3n) is 7.59. The van der Waals surface area contributed by atoms with Crippen LogP contribution in [0, 0.1) is 11.2 Å². The molecule has 2 aromatic heterocycles. The molecule has 0 spiro atoms. The summed E-state index contributed by atoms with van der Waals surface area (Å²) in [7, 11) is 1.50. The van der Waals surface area contributed by atoms with Gasteiger partial charge in [0.15, 0.2) is 0 Å². The lowest BCUT2D eigenvalue weighted by atomic mass is 9.97. The van der Waals surface area contributed by atoms with Gasteiger partial charge in [0.05, 0.1) is 12.3 Å². The molecular weight excluding hydrogens is 553 g/mol. The van der Waals surface area contributed by atoms with Crippen LogP contribution in [0.2, 0.25) is 0 Å². The van der Waals surface area contributed by atoms with E-state index in [1.165, 1.54) is 25.4 Å². The first-order valence-electron chi connectivity index (χ1n) is 15.0. The molecule has 4 aromatic rings. The van der Waals surface area contributed by atoms with Crippen molar-refractivity contribution < 1.29 is 9.13 Å². The lowest BCUT2D eigenvalue weighted by molar-refractivity contribution is 0.181. The molecule has 3 heterocycles. The van der Waals surface area contributed by atoms with Crippen LogP contribution in [0.5, 0.6) is 5.75 Å². The van der Waals surface area contributed by atoms with E-state index in [4.69, 9.17) is 20.9 Å². The summed E-state index contributed by atoms with van der Waals surface area (Å²) in [5.41, 5.74) is 16.8. The second-order valence-corrected chi connectivity index (χ2v) is 10.5. The quantitative estimate of drug-likeness (QED) is 0.133. The number of halogens is 1. The molecule has 0 bridgehead atoms. The highest BCUT2D eigenvalue weighted by Crippen LogP contribution is 2.28. The van der Waals surface area contributed by atoms with Crippen LogP contribution in [-0.2, 0) is 6.54 Å². The number of likely N-dealkylation sites (tertiary alicyclic amines) is 1. The molecule has 5 rings (SSSR count). The molecule has 1 saturated heterocycles. The standard InChI is InChI=1S/C34H37FN6O.CH5N/c35-29-7-5-28(6-8-29)34(37)33(27-12-16-38-17-13-27)32-11-4-26(24-40-32)23-39-30-14-19-41(20-15-30)18-1-21-42-31-9-2-25(22-36)3-10-31;1-2/h2-13,16-17,22,24,30,36,39H,1,14-15,18-21,23,37H2;2H2,1H3/b34-33-,36-22?;. The average Bonchev–Trinajstić information content (AvgIpc) is 3.09. The van der Waals surface area contributed by atoms with Crippen molar-refractivity contribution in [2.45, 2.75) is 31.8 Å². The minimum absolute atomic E-state index is 0.300. The van der Waals surface area contributed by atoms with Gasteiger partial charge >= 0.3 is 0 Å². The number of ether oxygens (including phenoxy) is 1. The molecule has 0 aliphatic carbocycles. The second-order valence-electron chi connectivity index (χ2n) is 10.5. The third kappa shape index (κ3) is 9.28. The number of piperidine rings is 1. The van der Waals surface area contributed by atoms with Crippen LogP contribution >= 0.6 is 0 Å². The highest BCUT2D eigenvalue weighted by molar-refractivity contribution is 5.96. The van der Waals surface area contributed by atoms with Gasteiger partial charge in [0.1, 0.15) is 11.6 Å². The van der Waals surface area contributed by atoms with Gasteiger partial charge in [-0.05, 0) is 128 Å². The Kier molecular flexibility index (Phi) is 12.6. The molecule has 1 fully saturated rings. The fourth-order valence-corrected chi connectivity index (χ4v) is 5.17. The maximum Gasteiger partial charge on any atom is 0.123 e. The topological polar surface area (TPSA) is 126 Å². The van der Waals surface area contributed by atoms with E-state index in [-0.39, 0.29) is 5.82 Å². The monoisotopic (exact) mass is 595 g/mol. The molecule has 0 saturated carbocycles. The van der Waals surface area contributed by atoms with Crippen molar-refractivity contribution in [2.75, 3.05) is 33.3 Å². The lowest BCUT2D eigenvalue weighted by Crippen LogP contribution is -2.42. The van der Waals surface area contributed by atoms with Crippen LogP contribution in [0.15, 0.2) is 91.4 Å². The Morgan fingerprint density at radius 1 is 0.977 bits per heavy atom. The van der Waals surface area contributed by atoms with Crippen molar-refractivity contribution in [3.63, 3.8) is 0 Å². The average molecular weight is 596 g/mol. The minimum Gasteiger partial charge on any atom is -0.494 e. The van der Waals surface area contributed by atoms with Crippen molar-refractivity contribution in [1.29, 1.82) is 5.41 Å². The van der Waals surface area contributed by atoms with Gasteiger partial charge in [-0.25, -0.2) is 4.39 Å². The lowest BCUT2D eigenvalue weighted by Gasteiger charge is -2.32. The maximum atomic E-state index is 13.5. The summed E-state index contributed by atoms with van der Waals surface area (Å²) < 4.78 is 19.4. The predicted molar refractivity (Wildman–Crippen MR) is 176 cm³/mol. The van der Waals surface area contributed by atoms with Crippen molar-refractivity contribution >= 4 is 17.5 Å². The Hall–Kier alpha value is -4.44. The second kappa shape index (κ2) is 17.0. The number of benzene rings is 2. The molecule has 0 unspecified atom stereocenters. The summed E-state index contributed by atoms with van der Waals surface area (Å²) >= 11 is 0. The molecule has 1 aliphatic heterocycles. The van der Waals surface area contributed by atoms with Crippen LogP contribution in [-0.4, -0.2) is 60.4 Å². The zero-order chi connectivity index (χ0) is 31.1. The Balaban J connectivity index is 0.00000216. The highest BCUT2D eigenvalue weighted by atomic mass is 19.1. The van der Waals surface area contributed by atoms with Crippen LogP contribution in [0.4, 0.5) is 4.39 Å². The third-order valence-corrected chi connectivity index (χ3v) is 7.59. The van der Waals surface area contributed by atoms with Gasteiger partial charge in [0, 0.05) is 55.2 Å². The smallest absolute Gasteiger partial charge is 0.123 e. The van der Waals surface area contributed by atoms with E-state index in [0.29, 0.717) is 18.3 Å². The first-order valence-corrected chi connectivity index (χ1v) is 15.0. The van der Waals surface area contributed by atoms with E-state index in [9.17, 15) is 4.39 Å². The molecule has 6 N–H and O–H groups in total. The largest absolute Gasteiger partial charge is 0.494 e. The molecule has 1 aliphatic rings. The van der Waals surface area contributed by atoms with Gasteiger partial charge < -0.3 is 31.8 Å². The molecule has 0 atom stereocenters. The predicted octanol–water partition coefficient (Wildman–Crippen LogP) is 5.09. The summed E-state index contributed by atoms with van der Waals surface area (Å²) in [6.07, 6.45) is 9.90. The van der Waals surface area contributed by atoms with Crippen LogP contribution in [0.3, 0.4) is 0 Å². The number of nitrogens with zero attached hydrogens (tertiary/aromatic N) is 3. The highest BCUT2D eigenvalue weighted by Gasteiger charge is 2.19. The summed E-state index contributed by atoms with van der Waals surface area (Å²) in [6, 6.07) is 22.2. The fourth-order valence-electron chi connectivity index (χ4n) is 5.17. The number of pyridine rings is 2. The van der Waals surface area contributed by atoms with Crippen LogP contribution in [0.25, 0.3) is 11.3 Å². The van der Waals surface area contributed by atoms with Gasteiger partial charge in [-0.3, -0.25) is 9.97 Å². The number of hydrogen-bond acceptors (Lipinski definition) is 8. The Morgan fingerprint density at radius 3 is 2.32 bits per heavy atom. The number of rotatable bonds is 12. The maximum absolute atomic E-state index is 13.5. The van der Waals surface area contributed by atoms with E-state index >= 15 is 0 Å². The molecule has 8 nitrogen and oxygen atoms in total. The van der Waals surface area contributed by atoms with E-state index in [1.807, 2.05) is 48.7 Å². The van der Waals surface area contributed by atoms with Crippen molar-refractivity contribution in [3.8, 4) is 5.75 Å². The normalized spacial score (nSPS) is 14.2. The van der Waals surface area contributed by atoms with Crippen molar-refractivity contribution in [2.24, 2.45) is 11.5 Å².